The molecule has 2 aromatic carbocycles. The van der Waals surface area contributed by atoms with Crippen molar-refractivity contribution in [3.63, 3.8) is 0 Å². The highest BCUT2D eigenvalue weighted by atomic mass is 35.5. The molecule has 24 heavy (non-hydrogen) atoms. The first-order valence-corrected chi connectivity index (χ1v) is 7.71. The molecule has 0 atom stereocenters. The second-order valence-corrected chi connectivity index (χ2v) is 5.75. The van der Waals surface area contributed by atoms with Crippen LogP contribution in [0.5, 0.6) is 5.75 Å². The van der Waals surface area contributed by atoms with Gasteiger partial charge in [-0.1, -0.05) is 23.2 Å². The number of nitrogens with one attached hydrogen (secondary N) is 1. The number of amides is 1. The molecule has 3 aromatic rings. The SMILES string of the molecule is O=C(COc1ccc(Cl)c2cccnc12)Nc1ccc(Cl)cc1F. The lowest BCUT2D eigenvalue weighted by Gasteiger charge is -2.10. The van der Waals surface area contributed by atoms with Gasteiger partial charge in [0.2, 0.25) is 0 Å². The summed E-state index contributed by atoms with van der Waals surface area (Å²) in [5.41, 5.74) is 0.586. The predicted molar refractivity (Wildman–Crippen MR) is 92.3 cm³/mol. The average molecular weight is 365 g/mol. The fourth-order valence-corrected chi connectivity index (χ4v) is 2.52. The van der Waals surface area contributed by atoms with Gasteiger partial charge in [0.1, 0.15) is 17.1 Å². The minimum absolute atomic E-state index is 0.0343. The van der Waals surface area contributed by atoms with Crippen molar-refractivity contribution in [2.75, 3.05) is 11.9 Å². The second-order valence-electron chi connectivity index (χ2n) is 4.91. The Kier molecular flexibility index (Phi) is 4.83. The maximum absolute atomic E-state index is 13.7. The van der Waals surface area contributed by atoms with Crippen molar-refractivity contribution in [1.29, 1.82) is 0 Å². The first-order chi connectivity index (χ1) is 11.5. The van der Waals surface area contributed by atoms with E-state index < -0.39 is 11.7 Å². The van der Waals surface area contributed by atoms with Gasteiger partial charge >= 0.3 is 0 Å². The van der Waals surface area contributed by atoms with Crippen LogP contribution in [0.1, 0.15) is 0 Å². The number of halogens is 3. The number of ether oxygens (including phenoxy) is 1. The molecule has 0 saturated heterocycles. The van der Waals surface area contributed by atoms with Crippen LogP contribution in [0.4, 0.5) is 10.1 Å². The van der Waals surface area contributed by atoms with Gasteiger partial charge in [-0.05, 0) is 42.5 Å². The summed E-state index contributed by atoms with van der Waals surface area (Å²) in [7, 11) is 0. The van der Waals surface area contributed by atoms with E-state index in [-0.39, 0.29) is 17.3 Å². The van der Waals surface area contributed by atoms with E-state index in [0.29, 0.717) is 16.3 Å². The van der Waals surface area contributed by atoms with Crippen molar-refractivity contribution in [3.05, 3.63) is 64.5 Å². The molecule has 0 bridgehead atoms. The van der Waals surface area contributed by atoms with E-state index in [4.69, 9.17) is 27.9 Å². The molecular weight excluding hydrogens is 354 g/mol. The molecule has 0 radical (unpaired) electrons. The molecule has 1 aromatic heterocycles. The monoisotopic (exact) mass is 364 g/mol. The first kappa shape index (κ1) is 16.5. The molecule has 0 fully saturated rings. The Labute approximate surface area is 147 Å². The summed E-state index contributed by atoms with van der Waals surface area (Å²) in [6, 6.07) is 10.8. The second kappa shape index (κ2) is 7.03. The Bertz CT molecular complexity index is 918. The fourth-order valence-electron chi connectivity index (χ4n) is 2.15. The standard InChI is InChI=1S/C17H11Cl2FN2O2/c18-10-3-5-14(13(20)8-10)22-16(23)9-24-15-6-4-12(19)11-2-1-7-21-17(11)15/h1-8H,9H2,(H,22,23). The minimum Gasteiger partial charge on any atom is -0.481 e. The summed E-state index contributed by atoms with van der Waals surface area (Å²) in [6.45, 7) is -0.296. The smallest absolute Gasteiger partial charge is 0.262 e. The van der Waals surface area contributed by atoms with Crippen molar-refractivity contribution >= 4 is 45.7 Å². The largest absolute Gasteiger partial charge is 0.481 e. The highest BCUT2D eigenvalue weighted by molar-refractivity contribution is 6.35. The lowest BCUT2D eigenvalue weighted by atomic mass is 10.2. The number of rotatable bonds is 4. The quantitative estimate of drug-likeness (QED) is 0.729. The number of carbonyl (C=O) groups is 1. The molecule has 4 nitrogen and oxygen atoms in total. The number of nitrogens with zero attached hydrogens (tertiary/aromatic N) is 1. The maximum atomic E-state index is 13.7. The van der Waals surface area contributed by atoms with Gasteiger partial charge in [-0.2, -0.15) is 0 Å². The zero-order chi connectivity index (χ0) is 17.1. The van der Waals surface area contributed by atoms with Crippen LogP contribution in [0.15, 0.2) is 48.7 Å². The van der Waals surface area contributed by atoms with E-state index >= 15 is 0 Å². The van der Waals surface area contributed by atoms with E-state index in [9.17, 15) is 9.18 Å². The third-order valence-corrected chi connectivity index (χ3v) is 3.81. The third kappa shape index (κ3) is 3.58. The summed E-state index contributed by atoms with van der Waals surface area (Å²) in [5, 5.41) is 3.94. The number of hydrogen-bond acceptors (Lipinski definition) is 3. The molecular formula is C17H11Cl2FN2O2. The molecule has 0 saturated carbocycles. The molecule has 0 aliphatic rings. The number of fused-ring (bicyclic) bond motifs is 1. The summed E-state index contributed by atoms with van der Waals surface area (Å²) >= 11 is 11.8. The van der Waals surface area contributed by atoms with E-state index in [1.165, 1.54) is 12.1 Å². The highest BCUT2D eigenvalue weighted by Crippen LogP contribution is 2.29. The Morgan fingerprint density at radius 2 is 2.04 bits per heavy atom. The van der Waals surface area contributed by atoms with Gasteiger partial charge in [-0.15, -0.1) is 0 Å². The lowest BCUT2D eigenvalue weighted by Crippen LogP contribution is -2.20. The van der Waals surface area contributed by atoms with Crippen molar-refractivity contribution in [2.45, 2.75) is 0 Å². The Morgan fingerprint density at radius 1 is 1.21 bits per heavy atom. The Morgan fingerprint density at radius 3 is 2.83 bits per heavy atom. The minimum atomic E-state index is -0.616. The molecule has 1 heterocycles. The van der Waals surface area contributed by atoms with E-state index in [1.807, 2.05) is 0 Å². The summed E-state index contributed by atoms with van der Waals surface area (Å²) < 4.78 is 19.2. The predicted octanol–water partition coefficient (Wildman–Crippen LogP) is 4.70. The van der Waals surface area contributed by atoms with Crippen molar-refractivity contribution in [2.24, 2.45) is 0 Å². The van der Waals surface area contributed by atoms with Gasteiger partial charge in [0, 0.05) is 16.6 Å². The molecule has 0 aliphatic heterocycles. The molecule has 122 valence electrons. The van der Waals surface area contributed by atoms with Crippen LogP contribution in [0.2, 0.25) is 10.0 Å². The van der Waals surface area contributed by atoms with Crippen LogP contribution in [-0.4, -0.2) is 17.5 Å². The first-order valence-electron chi connectivity index (χ1n) is 6.95. The van der Waals surface area contributed by atoms with Gasteiger partial charge in [0.05, 0.1) is 10.7 Å². The lowest BCUT2D eigenvalue weighted by molar-refractivity contribution is -0.118. The molecule has 1 N–H and O–H groups in total. The van der Waals surface area contributed by atoms with Crippen LogP contribution in [0.25, 0.3) is 10.9 Å². The summed E-state index contributed by atoms with van der Waals surface area (Å²) in [6.07, 6.45) is 1.61. The number of pyridine rings is 1. The molecule has 1 amide bonds. The van der Waals surface area contributed by atoms with E-state index in [2.05, 4.69) is 10.3 Å². The Balaban J connectivity index is 1.72. The van der Waals surface area contributed by atoms with Gasteiger partial charge in [0.15, 0.2) is 6.61 Å². The average Bonchev–Trinajstić information content (AvgIpc) is 2.57. The molecule has 7 heteroatoms. The van der Waals surface area contributed by atoms with Gasteiger partial charge in [-0.3, -0.25) is 9.78 Å². The molecule has 0 aliphatic carbocycles. The molecule has 0 spiro atoms. The number of anilines is 1. The number of aromatic nitrogens is 1. The summed E-state index contributed by atoms with van der Waals surface area (Å²) in [4.78, 5) is 16.2. The van der Waals surface area contributed by atoms with E-state index in [1.54, 1.807) is 30.5 Å². The number of hydrogen-bond donors (Lipinski definition) is 1. The zero-order valence-corrected chi connectivity index (χ0v) is 13.7. The molecule has 0 unspecified atom stereocenters. The highest BCUT2D eigenvalue weighted by Gasteiger charge is 2.11. The number of benzene rings is 2. The fraction of sp³-hybridized carbons (Fsp3) is 0.0588. The zero-order valence-electron chi connectivity index (χ0n) is 12.2. The maximum Gasteiger partial charge on any atom is 0.262 e. The topological polar surface area (TPSA) is 51.2 Å². The van der Waals surface area contributed by atoms with E-state index in [0.717, 1.165) is 11.5 Å². The van der Waals surface area contributed by atoms with Crippen LogP contribution < -0.4 is 10.1 Å². The third-order valence-electron chi connectivity index (χ3n) is 3.24. The van der Waals surface area contributed by atoms with Crippen LogP contribution in [-0.2, 0) is 4.79 Å². The van der Waals surface area contributed by atoms with Crippen molar-refractivity contribution in [3.8, 4) is 5.75 Å². The van der Waals surface area contributed by atoms with Crippen LogP contribution >= 0.6 is 23.2 Å². The summed E-state index contributed by atoms with van der Waals surface area (Å²) in [5.74, 6) is -0.702. The van der Waals surface area contributed by atoms with Crippen molar-refractivity contribution < 1.29 is 13.9 Å². The van der Waals surface area contributed by atoms with Crippen molar-refractivity contribution in [1.82, 2.24) is 4.98 Å². The van der Waals surface area contributed by atoms with Crippen LogP contribution in [0.3, 0.4) is 0 Å². The van der Waals surface area contributed by atoms with Gasteiger partial charge in [-0.25, -0.2) is 4.39 Å². The van der Waals surface area contributed by atoms with Gasteiger partial charge in [0.25, 0.3) is 5.91 Å². The number of carbonyl (C=O) groups excluding carboxylic acids is 1. The normalized spacial score (nSPS) is 10.6. The van der Waals surface area contributed by atoms with Crippen LogP contribution in [0, 0.1) is 5.82 Å². The van der Waals surface area contributed by atoms with Gasteiger partial charge < -0.3 is 10.1 Å². The Hall–Kier alpha value is -2.37. The molecule has 3 rings (SSSR count).